The van der Waals surface area contributed by atoms with Crippen LogP contribution >= 0.6 is 11.8 Å². The summed E-state index contributed by atoms with van der Waals surface area (Å²) in [7, 11) is 0. The van der Waals surface area contributed by atoms with Crippen LogP contribution in [0.5, 0.6) is 0 Å². The van der Waals surface area contributed by atoms with Crippen molar-refractivity contribution in [3.05, 3.63) is 23.8 Å². The molecule has 1 aromatic carbocycles. The predicted octanol–water partition coefficient (Wildman–Crippen LogP) is 1.22. The van der Waals surface area contributed by atoms with Gasteiger partial charge in [0.15, 0.2) is 0 Å². The van der Waals surface area contributed by atoms with Gasteiger partial charge in [0.2, 0.25) is 5.91 Å². The topological polar surface area (TPSA) is 75.4 Å². The molecule has 96 valence electrons. The summed E-state index contributed by atoms with van der Waals surface area (Å²) >= 11 is 1.36. The second-order valence-corrected chi connectivity index (χ2v) is 5.12. The van der Waals surface area contributed by atoms with E-state index in [4.69, 9.17) is 5.73 Å². The highest BCUT2D eigenvalue weighted by molar-refractivity contribution is 8.00. The molecule has 0 unspecified atom stereocenters. The fraction of sp³-hybridized carbons (Fsp3) is 0.333. The summed E-state index contributed by atoms with van der Waals surface area (Å²) in [5, 5.41) is 2.60. The Labute approximate surface area is 110 Å². The number of carbonyl (C=O) groups excluding carboxylic acids is 2. The molecule has 3 N–H and O–H groups in total. The van der Waals surface area contributed by atoms with Crippen LogP contribution in [0.1, 0.15) is 5.56 Å². The zero-order valence-corrected chi connectivity index (χ0v) is 10.9. The molecule has 0 bridgehead atoms. The van der Waals surface area contributed by atoms with Crippen LogP contribution in [-0.2, 0) is 4.79 Å². The molecule has 0 radical (unpaired) electrons. The number of rotatable bonds is 3. The maximum Gasteiger partial charge on any atom is 0.324 e. The van der Waals surface area contributed by atoms with Crippen LogP contribution in [0.25, 0.3) is 0 Å². The number of amides is 3. The number of urea groups is 1. The highest BCUT2D eigenvalue weighted by atomic mass is 32.2. The molecule has 1 aliphatic rings. The van der Waals surface area contributed by atoms with Gasteiger partial charge in [0.25, 0.3) is 0 Å². The lowest BCUT2D eigenvalue weighted by atomic mass is 10.2. The number of carbonyl (C=O) groups is 2. The Balaban J connectivity index is 1.97. The number of thioether (sulfide) groups is 1. The lowest BCUT2D eigenvalue weighted by molar-refractivity contribution is -0.124. The van der Waals surface area contributed by atoms with Gasteiger partial charge in [-0.1, -0.05) is 6.07 Å². The molecule has 1 saturated heterocycles. The van der Waals surface area contributed by atoms with E-state index in [1.165, 1.54) is 16.7 Å². The SMILES string of the molecule is Cc1ccc(N)c(SCC(=O)N2CCNC2=O)c1. The molecule has 0 aliphatic carbocycles. The number of nitrogens with two attached hydrogens (primary N) is 1. The summed E-state index contributed by atoms with van der Waals surface area (Å²) in [5.74, 6) is 0.0389. The molecule has 0 atom stereocenters. The standard InChI is InChI=1S/C12H15N3O2S/c1-8-2-3-9(13)10(6-8)18-7-11(16)15-5-4-14-12(15)17/h2-3,6H,4-5,7,13H2,1H3,(H,14,17). The van der Waals surface area contributed by atoms with Crippen molar-refractivity contribution in [1.82, 2.24) is 10.2 Å². The Bertz CT molecular complexity index is 490. The number of nitrogens with one attached hydrogen (secondary N) is 1. The third kappa shape index (κ3) is 2.76. The first-order valence-corrected chi connectivity index (χ1v) is 6.63. The van der Waals surface area contributed by atoms with Crippen LogP contribution in [0, 0.1) is 6.92 Å². The molecule has 1 heterocycles. The fourth-order valence-corrected chi connectivity index (χ4v) is 2.63. The summed E-state index contributed by atoms with van der Waals surface area (Å²) in [5.41, 5.74) is 7.58. The van der Waals surface area contributed by atoms with Crippen molar-refractivity contribution in [3.8, 4) is 0 Å². The summed E-state index contributed by atoms with van der Waals surface area (Å²) in [4.78, 5) is 25.2. The van der Waals surface area contributed by atoms with E-state index in [2.05, 4.69) is 5.32 Å². The van der Waals surface area contributed by atoms with E-state index in [0.29, 0.717) is 18.8 Å². The predicted molar refractivity (Wildman–Crippen MR) is 71.4 cm³/mol. The van der Waals surface area contributed by atoms with E-state index in [-0.39, 0.29) is 17.7 Å². The maximum absolute atomic E-state index is 11.8. The van der Waals surface area contributed by atoms with Crippen LogP contribution in [0.15, 0.2) is 23.1 Å². The Morgan fingerprint density at radius 2 is 2.33 bits per heavy atom. The first kappa shape index (κ1) is 12.8. The third-order valence-electron chi connectivity index (χ3n) is 2.68. The largest absolute Gasteiger partial charge is 0.398 e. The summed E-state index contributed by atoms with van der Waals surface area (Å²) < 4.78 is 0. The number of hydrogen-bond acceptors (Lipinski definition) is 4. The number of nitrogen functional groups attached to an aromatic ring is 1. The monoisotopic (exact) mass is 265 g/mol. The number of imide groups is 1. The van der Waals surface area contributed by atoms with Gasteiger partial charge in [-0.2, -0.15) is 0 Å². The van der Waals surface area contributed by atoms with E-state index in [1.807, 2.05) is 25.1 Å². The maximum atomic E-state index is 11.8. The second kappa shape index (κ2) is 5.30. The molecule has 3 amide bonds. The van der Waals surface area contributed by atoms with Crippen molar-refractivity contribution < 1.29 is 9.59 Å². The van der Waals surface area contributed by atoms with Crippen LogP contribution < -0.4 is 11.1 Å². The van der Waals surface area contributed by atoms with E-state index < -0.39 is 0 Å². The number of hydrogen-bond donors (Lipinski definition) is 2. The van der Waals surface area contributed by atoms with Gasteiger partial charge in [-0.25, -0.2) is 4.79 Å². The molecular weight excluding hydrogens is 250 g/mol. The quantitative estimate of drug-likeness (QED) is 0.636. The highest BCUT2D eigenvalue weighted by Crippen LogP contribution is 2.26. The lowest BCUT2D eigenvalue weighted by Gasteiger charge is -2.12. The molecular formula is C12H15N3O2S. The number of nitrogens with zero attached hydrogens (tertiary/aromatic N) is 1. The van der Waals surface area contributed by atoms with Crippen LogP contribution in [-0.4, -0.2) is 35.7 Å². The molecule has 0 saturated carbocycles. The van der Waals surface area contributed by atoms with Gasteiger partial charge in [0, 0.05) is 23.7 Å². The fourth-order valence-electron chi connectivity index (χ4n) is 1.69. The van der Waals surface area contributed by atoms with Gasteiger partial charge in [-0.05, 0) is 24.6 Å². The van der Waals surface area contributed by atoms with E-state index in [0.717, 1.165) is 10.5 Å². The van der Waals surface area contributed by atoms with Gasteiger partial charge in [0.05, 0.1) is 5.75 Å². The van der Waals surface area contributed by atoms with Crippen molar-refractivity contribution in [1.29, 1.82) is 0 Å². The Morgan fingerprint density at radius 1 is 1.56 bits per heavy atom. The zero-order valence-electron chi connectivity index (χ0n) is 10.1. The molecule has 2 rings (SSSR count). The molecule has 1 aliphatic heterocycles. The minimum atomic E-state index is -0.308. The molecule has 1 fully saturated rings. The van der Waals surface area contributed by atoms with Crippen molar-refractivity contribution in [2.75, 3.05) is 24.6 Å². The normalized spacial score (nSPS) is 14.7. The molecule has 0 spiro atoms. The molecule has 6 heteroatoms. The van der Waals surface area contributed by atoms with Gasteiger partial charge in [-0.15, -0.1) is 11.8 Å². The van der Waals surface area contributed by atoms with Crippen molar-refractivity contribution in [3.63, 3.8) is 0 Å². The Hall–Kier alpha value is -1.69. The van der Waals surface area contributed by atoms with Gasteiger partial charge in [0.1, 0.15) is 0 Å². The summed E-state index contributed by atoms with van der Waals surface area (Å²) in [6.45, 7) is 2.95. The average molecular weight is 265 g/mol. The minimum Gasteiger partial charge on any atom is -0.398 e. The zero-order chi connectivity index (χ0) is 13.1. The minimum absolute atomic E-state index is 0.184. The van der Waals surface area contributed by atoms with Gasteiger partial charge >= 0.3 is 6.03 Å². The lowest BCUT2D eigenvalue weighted by Crippen LogP contribution is -2.35. The summed E-state index contributed by atoms with van der Waals surface area (Å²) in [6, 6.07) is 5.38. The van der Waals surface area contributed by atoms with E-state index in [1.54, 1.807) is 0 Å². The molecule has 0 aromatic heterocycles. The van der Waals surface area contributed by atoms with Gasteiger partial charge in [-0.3, -0.25) is 9.69 Å². The molecule has 18 heavy (non-hydrogen) atoms. The van der Waals surface area contributed by atoms with Crippen molar-refractivity contribution in [2.24, 2.45) is 0 Å². The van der Waals surface area contributed by atoms with Crippen molar-refractivity contribution >= 4 is 29.4 Å². The third-order valence-corrected chi connectivity index (χ3v) is 3.73. The molecule has 1 aromatic rings. The summed E-state index contributed by atoms with van der Waals surface area (Å²) in [6.07, 6.45) is 0. The second-order valence-electron chi connectivity index (χ2n) is 4.11. The highest BCUT2D eigenvalue weighted by Gasteiger charge is 2.25. The Morgan fingerprint density at radius 3 is 3.00 bits per heavy atom. The first-order valence-electron chi connectivity index (χ1n) is 5.65. The Kier molecular flexibility index (Phi) is 3.76. The first-order chi connectivity index (χ1) is 8.58. The van der Waals surface area contributed by atoms with E-state index in [9.17, 15) is 9.59 Å². The molecule has 5 nitrogen and oxygen atoms in total. The van der Waals surface area contributed by atoms with Crippen molar-refractivity contribution in [2.45, 2.75) is 11.8 Å². The van der Waals surface area contributed by atoms with Crippen LogP contribution in [0.3, 0.4) is 0 Å². The van der Waals surface area contributed by atoms with Crippen LogP contribution in [0.2, 0.25) is 0 Å². The number of anilines is 1. The van der Waals surface area contributed by atoms with Crippen LogP contribution in [0.4, 0.5) is 10.5 Å². The average Bonchev–Trinajstić information content (AvgIpc) is 2.76. The van der Waals surface area contributed by atoms with E-state index >= 15 is 0 Å². The number of benzene rings is 1. The van der Waals surface area contributed by atoms with Gasteiger partial charge < -0.3 is 11.1 Å². The number of aryl methyl sites for hydroxylation is 1. The smallest absolute Gasteiger partial charge is 0.324 e.